The summed E-state index contributed by atoms with van der Waals surface area (Å²) in [6.07, 6.45) is 6.53. The zero-order chi connectivity index (χ0) is 19.2. The lowest BCUT2D eigenvalue weighted by Crippen LogP contribution is -2.36. The first-order valence-corrected chi connectivity index (χ1v) is 9.05. The number of hydrogen-bond donors (Lipinski definition) is 2. The van der Waals surface area contributed by atoms with Crippen LogP contribution in [0.4, 0.5) is 5.82 Å². The fourth-order valence-electron chi connectivity index (χ4n) is 3.35. The van der Waals surface area contributed by atoms with E-state index in [2.05, 4.69) is 9.88 Å². The van der Waals surface area contributed by atoms with Gasteiger partial charge in [-0.05, 0) is 55.1 Å². The van der Waals surface area contributed by atoms with E-state index in [0.717, 1.165) is 44.1 Å². The lowest BCUT2D eigenvalue weighted by Gasteiger charge is -2.32. The number of nitrogen functional groups attached to an aromatic ring is 1. The van der Waals surface area contributed by atoms with Gasteiger partial charge in [0, 0.05) is 25.4 Å². The number of benzene rings is 1. The maximum absolute atomic E-state index is 11.9. The van der Waals surface area contributed by atoms with Crippen molar-refractivity contribution < 1.29 is 9.90 Å². The SMILES string of the molecule is Nc1ccn(CC2CCN(Cc3ccc(C=CC(=O)O)cc3)CC2)c(=O)n1. The van der Waals surface area contributed by atoms with Crippen LogP contribution in [0.1, 0.15) is 24.0 Å². The van der Waals surface area contributed by atoms with Gasteiger partial charge in [0.2, 0.25) is 0 Å². The van der Waals surface area contributed by atoms with Crippen molar-refractivity contribution in [3.8, 4) is 0 Å². The standard InChI is InChI=1S/C20H24N4O3/c21-18-9-12-24(20(27)22-18)14-17-7-10-23(11-8-17)13-16-3-1-15(2-4-16)5-6-19(25)26/h1-6,9,12,17H,7-8,10-11,13-14H2,(H,25,26)(H2,21,22,27). The summed E-state index contributed by atoms with van der Waals surface area (Å²) in [5, 5.41) is 8.67. The van der Waals surface area contributed by atoms with Gasteiger partial charge >= 0.3 is 11.7 Å². The van der Waals surface area contributed by atoms with Gasteiger partial charge < -0.3 is 10.8 Å². The molecule has 0 aliphatic carbocycles. The van der Waals surface area contributed by atoms with E-state index in [1.165, 1.54) is 5.56 Å². The number of likely N-dealkylation sites (tertiary alicyclic amines) is 1. The summed E-state index contributed by atoms with van der Waals surface area (Å²) in [5.41, 5.74) is 7.33. The van der Waals surface area contributed by atoms with E-state index in [-0.39, 0.29) is 11.5 Å². The number of hydrogen-bond acceptors (Lipinski definition) is 5. The topological polar surface area (TPSA) is 101 Å². The van der Waals surface area contributed by atoms with Crippen LogP contribution in [-0.2, 0) is 17.9 Å². The molecule has 2 heterocycles. The minimum Gasteiger partial charge on any atom is -0.478 e. The first-order valence-electron chi connectivity index (χ1n) is 9.05. The predicted octanol–water partition coefficient (Wildman–Crippen LogP) is 1.84. The average Bonchev–Trinajstić information content (AvgIpc) is 2.65. The van der Waals surface area contributed by atoms with Crippen molar-refractivity contribution in [3.63, 3.8) is 0 Å². The molecule has 0 spiro atoms. The van der Waals surface area contributed by atoms with Crippen LogP contribution in [0.25, 0.3) is 6.08 Å². The molecule has 0 unspecified atom stereocenters. The van der Waals surface area contributed by atoms with Gasteiger partial charge in [-0.2, -0.15) is 4.98 Å². The predicted molar refractivity (Wildman–Crippen MR) is 104 cm³/mol. The molecule has 0 atom stereocenters. The normalized spacial score (nSPS) is 16.0. The van der Waals surface area contributed by atoms with Crippen molar-refractivity contribution in [1.82, 2.24) is 14.5 Å². The Kier molecular flexibility index (Phi) is 6.03. The molecule has 0 radical (unpaired) electrons. The third-order valence-corrected chi connectivity index (χ3v) is 4.86. The Balaban J connectivity index is 1.49. The molecule has 1 aliphatic rings. The number of anilines is 1. The number of carboxylic acid groups (broad SMARTS) is 1. The quantitative estimate of drug-likeness (QED) is 0.755. The highest BCUT2D eigenvalue weighted by Crippen LogP contribution is 2.20. The Hall–Kier alpha value is -2.93. The Morgan fingerprint density at radius 2 is 1.93 bits per heavy atom. The van der Waals surface area contributed by atoms with Crippen molar-refractivity contribution in [1.29, 1.82) is 0 Å². The summed E-state index contributed by atoms with van der Waals surface area (Å²) in [6, 6.07) is 9.59. The molecule has 1 aliphatic heterocycles. The number of piperidine rings is 1. The van der Waals surface area contributed by atoms with Crippen LogP contribution >= 0.6 is 0 Å². The van der Waals surface area contributed by atoms with Crippen molar-refractivity contribution in [2.45, 2.75) is 25.9 Å². The molecule has 142 valence electrons. The molecule has 0 amide bonds. The molecular weight excluding hydrogens is 344 g/mol. The van der Waals surface area contributed by atoms with E-state index >= 15 is 0 Å². The lowest BCUT2D eigenvalue weighted by atomic mass is 9.96. The second-order valence-corrected chi connectivity index (χ2v) is 6.92. The Morgan fingerprint density at radius 1 is 1.22 bits per heavy atom. The number of rotatable bonds is 6. The number of nitrogens with zero attached hydrogens (tertiary/aromatic N) is 3. The lowest BCUT2D eigenvalue weighted by molar-refractivity contribution is -0.131. The molecule has 3 N–H and O–H groups in total. The molecule has 27 heavy (non-hydrogen) atoms. The maximum atomic E-state index is 11.9. The Labute approximate surface area is 157 Å². The monoisotopic (exact) mass is 368 g/mol. The van der Waals surface area contributed by atoms with E-state index in [1.807, 2.05) is 24.3 Å². The van der Waals surface area contributed by atoms with Gasteiger partial charge in [0.15, 0.2) is 0 Å². The number of nitrogens with two attached hydrogens (primary N) is 1. The third-order valence-electron chi connectivity index (χ3n) is 4.86. The maximum Gasteiger partial charge on any atom is 0.349 e. The molecule has 2 aromatic rings. The van der Waals surface area contributed by atoms with E-state index in [4.69, 9.17) is 10.8 Å². The number of aromatic nitrogens is 2. The van der Waals surface area contributed by atoms with Gasteiger partial charge in [0.05, 0.1) is 0 Å². The van der Waals surface area contributed by atoms with Gasteiger partial charge in [-0.1, -0.05) is 24.3 Å². The molecule has 1 fully saturated rings. The minimum atomic E-state index is -0.945. The van der Waals surface area contributed by atoms with E-state index in [0.29, 0.717) is 12.5 Å². The van der Waals surface area contributed by atoms with Crippen LogP contribution < -0.4 is 11.4 Å². The Morgan fingerprint density at radius 3 is 2.56 bits per heavy atom. The first kappa shape index (κ1) is 18.8. The molecule has 7 heteroatoms. The van der Waals surface area contributed by atoms with Gasteiger partial charge in [0.25, 0.3) is 0 Å². The van der Waals surface area contributed by atoms with Gasteiger partial charge in [-0.25, -0.2) is 9.59 Å². The molecule has 0 saturated carbocycles. The molecular formula is C20H24N4O3. The summed E-state index contributed by atoms with van der Waals surface area (Å²) in [6.45, 7) is 3.54. The van der Waals surface area contributed by atoms with Crippen LogP contribution in [0, 0.1) is 5.92 Å². The van der Waals surface area contributed by atoms with Crippen molar-refractivity contribution in [2.24, 2.45) is 5.92 Å². The summed E-state index contributed by atoms with van der Waals surface area (Å²) in [7, 11) is 0. The van der Waals surface area contributed by atoms with Crippen molar-refractivity contribution in [2.75, 3.05) is 18.8 Å². The van der Waals surface area contributed by atoms with E-state index in [9.17, 15) is 9.59 Å². The second-order valence-electron chi connectivity index (χ2n) is 6.92. The molecule has 7 nitrogen and oxygen atoms in total. The van der Waals surface area contributed by atoms with E-state index in [1.54, 1.807) is 22.9 Å². The second kappa shape index (κ2) is 8.64. The molecule has 3 rings (SSSR count). The summed E-state index contributed by atoms with van der Waals surface area (Å²) in [5.74, 6) is -0.220. The van der Waals surface area contributed by atoms with Crippen LogP contribution in [0.15, 0.2) is 47.4 Å². The fraction of sp³-hybridized carbons (Fsp3) is 0.350. The van der Waals surface area contributed by atoms with Gasteiger partial charge in [-0.15, -0.1) is 0 Å². The van der Waals surface area contributed by atoms with Crippen LogP contribution in [0.5, 0.6) is 0 Å². The number of aliphatic carboxylic acids is 1. The van der Waals surface area contributed by atoms with Crippen LogP contribution in [-0.4, -0.2) is 38.6 Å². The third kappa shape index (κ3) is 5.52. The zero-order valence-corrected chi connectivity index (χ0v) is 15.1. The van der Waals surface area contributed by atoms with Crippen molar-refractivity contribution >= 4 is 17.9 Å². The highest BCUT2D eigenvalue weighted by atomic mass is 16.4. The molecule has 0 bridgehead atoms. The summed E-state index contributed by atoms with van der Waals surface area (Å²) in [4.78, 5) is 28.6. The zero-order valence-electron chi connectivity index (χ0n) is 15.1. The summed E-state index contributed by atoms with van der Waals surface area (Å²) < 4.78 is 1.64. The van der Waals surface area contributed by atoms with Gasteiger partial charge in [0.1, 0.15) is 5.82 Å². The molecule has 1 aromatic heterocycles. The molecule has 1 saturated heterocycles. The highest BCUT2D eigenvalue weighted by Gasteiger charge is 2.20. The number of carbonyl (C=O) groups is 1. The van der Waals surface area contributed by atoms with Crippen molar-refractivity contribution in [3.05, 3.63) is 64.2 Å². The first-order chi connectivity index (χ1) is 13.0. The largest absolute Gasteiger partial charge is 0.478 e. The minimum absolute atomic E-state index is 0.260. The molecule has 1 aromatic carbocycles. The highest BCUT2D eigenvalue weighted by molar-refractivity contribution is 5.85. The van der Waals surface area contributed by atoms with Gasteiger partial charge in [-0.3, -0.25) is 9.47 Å². The Bertz CT molecular complexity index is 866. The average molecular weight is 368 g/mol. The fourth-order valence-corrected chi connectivity index (χ4v) is 3.35. The smallest absolute Gasteiger partial charge is 0.349 e. The van der Waals surface area contributed by atoms with Crippen LogP contribution in [0.3, 0.4) is 0 Å². The summed E-state index contributed by atoms with van der Waals surface area (Å²) >= 11 is 0. The van der Waals surface area contributed by atoms with E-state index < -0.39 is 5.97 Å². The van der Waals surface area contributed by atoms with Crippen LogP contribution in [0.2, 0.25) is 0 Å². The number of carboxylic acids is 1.